The van der Waals surface area contributed by atoms with Gasteiger partial charge in [0.1, 0.15) is 63.4 Å². The quantitative estimate of drug-likeness (QED) is 0.0170. The van der Waals surface area contributed by atoms with Crippen LogP contribution in [-0.2, 0) is 76.8 Å². The summed E-state index contributed by atoms with van der Waals surface area (Å²) >= 11 is 0. The molecule has 3 aromatic carbocycles. The molecular weight excluding hydrogens is 1270 g/mol. The topological polar surface area (TPSA) is 337 Å². The van der Waals surface area contributed by atoms with Gasteiger partial charge in [0.25, 0.3) is 0 Å². The molecule has 0 saturated carbocycles. The van der Waals surface area contributed by atoms with Gasteiger partial charge in [-0.1, -0.05) is 91.0 Å². The molecule has 27 nitrogen and oxygen atoms in total. The van der Waals surface area contributed by atoms with Gasteiger partial charge in [-0.25, -0.2) is 43.2 Å². The summed E-state index contributed by atoms with van der Waals surface area (Å²) in [5.41, 5.74) is -5.41. The van der Waals surface area contributed by atoms with E-state index in [1.165, 1.54) is 7.11 Å². The van der Waals surface area contributed by atoms with Crippen LogP contribution in [-0.4, -0.2) is 170 Å². The van der Waals surface area contributed by atoms with Crippen LogP contribution in [0, 0.1) is 0 Å². The van der Waals surface area contributed by atoms with Crippen LogP contribution in [0.2, 0.25) is 0 Å². The molecule has 0 spiro atoms. The summed E-state index contributed by atoms with van der Waals surface area (Å²) in [4.78, 5) is 126. The van der Waals surface area contributed by atoms with Gasteiger partial charge >= 0.3 is 54.5 Å². The second-order valence-corrected chi connectivity index (χ2v) is 29.4. The smallest absolute Gasteiger partial charge is 0.408 e. The summed E-state index contributed by atoms with van der Waals surface area (Å²) in [6.07, 6.45) is -15.5. The third-order valence-electron chi connectivity index (χ3n) is 13.5. The second-order valence-electron chi connectivity index (χ2n) is 29.4. The van der Waals surface area contributed by atoms with Crippen LogP contribution in [0.15, 0.2) is 91.0 Å². The van der Waals surface area contributed by atoms with Gasteiger partial charge in [-0.15, -0.1) is 0 Å². The van der Waals surface area contributed by atoms with Crippen molar-refractivity contribution in [1.29, 1.82) is 0 Å². The molecule has 1 aliphatic heterocycles. The van der Waals surface area contributed by atoms with Gasteiger partial charge in [-0.2, -0.15) is 0 Å². The van der Waals surface area contributed by atoms with E-state index in [-0.39, 0.29) is 58.2 Å². The SMILES string of the molecule is CO[C@H]1O[C@H](COC(c2ccccc2)(c2ccccc2)c2ccccc2)[C@H](OC(=O)[C@H](CCCNC(=O)OC(C)(C)C)NC(=O)OC(C)(C)C)[C@H](OC(=O)[C@H](CCCNC(=O)OC(C)(C)C)NC(=O)OC(C)(C)C)[C@H]1OC(=O)[C@H](CCCNC(=O)OC(C)(C)C)NC(=O)OC(C)(C)C. The molecule has 0 radical (unpaired) electrons. The lowest BCUT2D eigenvalue weighted by molar-refractivity contribution is -0.307. The molecule has 0 aliphatic carbocycles. The van der Waals surface area contributed by atoms with Gasteiger partial charge in [0.05, 0.1) is 6.61 Å². The molecule has 0 unspecified atom stereocenters. The summed E-state index contributed by atoms with van der Waals surface area (Å²) in [6.45, 7) is 28.8. The highest BCUT2D eigenvalue weighted by Gasteiger charge is 2.55. The minimum Gasteiger partial charge on any atom is -0.454 e. The molecule has 1 saturated heterocycles. The van der Waals surface area contributed by atoms with E-state index in [0.29, 0.717) is 16.7 Å². The zero-order valence-corrected chi connectivity index (χ0v) is 60.4. The zero-order chi connectivity index (χ0) is 73.5. The number of benzene rings is 3. The van der Waals surface area contributed by atoms with Crippen molar-refractivity contribution in [2.75, 3.05) is 33.4 Å². The lowest BCUT2D eigenvalue weighted by Crippen LogP contribution is -2.65. The molecule has 6 N–H and O–H groups in total. The highest BCUT2D eigenvalue weighted by Crippen LogP contribution is 2.42. The molecule has 6 amide bonds. The Labute approximate surface area is 576 Å². The van der Waals surface area contributed by atoms with Crippen molar-refractivity contribution in [3.63, 3.8) is 0 Å². The van der Waals surface area contributed by atoms with Crippen molar-refractivity contribution < 1.29 is 100.0 Å². The number of nitrogens with one attached hydrogen (secondary N) is 6. The number of rotatable bonds is 28. The van der Waals surface area contributed by atoms with Crippen LogP contribution >= 0.6 is 0 Å². The number of carbonyl (C=O) groups is 9. The summed E-state index contributed by atoms with van der Waals surface area (Å²) in [7, 11) is 1.20. The van der Waals surface area contributed by atoms with Gasteiger partial charge in [-0.05, 0) is 180 Å². The predicted octanol–water partition coefficient (Wildman–Crippen LogP) is 10.7. The number of carbonyl (C=O) groups excluding carboxylic acids is 9. The maximum atomic E-state index is 15.5. The van der Waals surface area contributed by atoms with Gasteiger partial charge in [0.2, 0.25) is 0 Å². The third kappa shape index (κ3) is 29.7. The Bertz CT molecular complexity index is 2960. The number of amides is 6. The molecule has 98 heavy (non-hydrogen) atoms. The van der Waals surface area contributed by atoms with Crippen molar-refractivity contribution in [1.82, 2.24) is 31.9 Å². The van der Waals surface area contributed by atoms with Crippen LogP contribution in [0.1, 0.15) is 180 Å². The summed E-state index contributed by atoms with van der Waals surface area (Å²) in [5.74, 6) is -3.61. The van der Waals surface area contributed by atoms with E-state index < -0.39 is 149 Å². The predicted molar refractivity (Wildman–Crippen MR) is 360 cm³/mol. The van der Waals surface area contributed by atoms with E-state index in [2.05, 4.69) is 31.9 Å². The third-order valence-corrected chi connectivity index (χ3v) is 13.5. The average molecular weight is 1380 g/mol. The van der Waals surface area contributed by atoms with Crippen LogP contribution < -0.4 is 31.9 Å². The van der Waals surface area contributed by atoms with E-state index in [0.717, 1.165) is 0 Å². The van der Waals surface area contributed by atoms with Crippen LogP contribution in [0.5, 0.6) is 0 Å². The number of alkyl carbamates (subject to hydrolysis) is 6. The van der Waals surface area contributed by atoms with E-state index in [4.69, 9.17) is 56.8 Å². The normalized spacial score (nSPS) is 17.7. The molecule has 4 rings (SSSR count). The maximum Gasteiger partial charge on any atom is 0.408 e. The molecule has 0 bridgehead atoms. The van der Waals surface area contributed by atoms with Crippen LogP contribution in [0.4, 0.5) is 28.8 Å². The van der Waals surface area contributed by atoms with Crippen LogP contribution in [0.3, 0.4) is 0 Å². The number of hydrogen-bond donors (Lipinski definition) is 6. The highest BCUT2D eigenvalue weighted by atomic mass is 16.7. The van der Waals surface area contributed by atoms with Crippen molar-refractivity contribution in [2.45, 2.75) is 251 Å². The lowest BCUT2D eigenvalue weighted by Gasteiger charge is -2.46. The van der Waals surface area contributed by atoms with E-state index in [1.807, 2.05) is 91.0 Å². The van der Waals surface area contributed by atoms with Gasteiger partial charge < -0.3 is 88.7 Å². The number of esters is 3. The lowest BCUT2D eigenvalue weighted by atomic mass is 9.80. The standard InChI is InChI=1S/C71H106N6O21/c1-65(2,3)93-59(81)72-41-29-38-48(75-62(84)96-68(10,11)12)55(78)90-52-51(44-88-71(45-32-23-20-24-33-45,46-34-25-21-26-35-46)47-36-27-22-28-37-47)89-58(87-19)54(92-57(80)50(77-64(86)98-70(16,17)18)40-31-43-74-61(83)95-67(7,8)9)53(52)91-56(79)49(76-63(85)97-69(13,14)15)39-30-42-73-60(82)94-66(4,5)6/h20-28,32-37,48-54,58H,29-31,38-44H2,1-19H3,(H,72,81)(H,73,82)(H,74,83)(H,75,84)(H,76,85)(H,77,86)/t48-,49-,50-,51+,52-,53-,54+,58-/m0/s1. The molecule has 1 fully saturated rings. The highest BCUT2D eigenvalue weighted by molar-refractivity contribution is 5.84. The summed E-state index contributed by atoms with van der Waals surface area (Å²) in [5, 5.41) is 15.6. The summed E-state index contributed by atoms with van der Waals surface area (Å²) < 4.78 is 72.7. The minimum absolute atomic E-state index is 0.00128. The van der Waals surface area contributed by atoms with Gasteiger partial charge in [-0.3, -0.25) is 0 Å². The van der Waals surface area contributed by atoms with Crippen molar-refractivity contribution in [3.05, 3.63) is 108 Å². The molecule has 8 atom stereocenters. The van der Waals surface area contributed by atoms with E-state index in [1.54, 1.807) is 125 Å². The Morgan fingerprint density at radius 1 is 0.378 bits per heavy atom. The van der Waals surface area contributed by atoms with Crippen LogP contribution in [0.25, 0.3) is 0 Å². The monoisotopic (exact) mass is 1380 g/mol. The molecule has 27 heteroatoms. The molecular formula is C71H106N6O21. The maximum absolute atomic E-state index is 15.5. The first-order valence-corrected chi connectivity index (χ1v) is 33.0. The molecule has 0 aromatic heterocycles. The van der Waals surface area contributed by atoms with Gasteiger partial charge in [0, 0.05) is 26.7 Å². The first kappa shape index (κ1) is 82.0. The number of ether oxygens (including phenoxy) is 12. The largest absolute Gasteiger partial charge is 0.454 e. The Balaban J connectivity index is 2.05. The molecule has 1 heterocycles. The first-order valence-electron chi connectivity index (χ1n) is 33.0. The zero-order valence-electron chi connectivity index (χ0n) is 60.4. The van der Waals surface area contributed by atoms with E-state index in [9.17, 15) is 28.8 Å². The Morgan fingerprint density at radius 3 is 0.918 bits per heavy atom. The first-order chi connectivity index (χ1) is 45.5. The average Bonchev–Trinajstić information content (AvgIpc) is 0.758. The van der Waals surface area contributed by atoms with Crippen molar-refractivity contribution >= 4 is 54.5 Å². The molecule has 3 aromatic rings. The van der Waals surface area contributed by atoms with Crippen molar-refractivity contribution in [3.8, 4) is 0 Å². The number of methoxy groups -OCH3 is 1. The fourth-order valence-corrected chi connectivity index (χ4v) is 9.76. The Kier molecular flexibility index (Phi) is 30.5. The fraction of sp³-hybridized carbons (Fsp3) is 0.620. The van der Waals surface area contributed by atoms with Crippen molar-refractivity contribution in [2.24, 2.45) is 0 Å². The summed E-state index contributed by atoms with van der Waals surface area (Å²) in [6, 6.07) is 22.8. The minimum atomic E-state index is -2.06. The van der Waals surface area contributed by atoms with E-state index >= 15 is 14.4 Å². The fourth-order valence-electron chi connectivity index (χ4n) is 9.76. The second kappa shape index (κ2) is 36.4. The number of hydrogen-bond acceptors (Lipinski definition) is 21. The van der Waals surface area contributed by atoms with Gasteiger partial charge in [0.15, 0.2) is 24.6 Å². The molecule has 1 aliphatic rings. The Hall–Kier alpha value is -8.43. The molecule has 546 valence electrons. The Morgan fingerprint density at radius 2 is 0.643 bits per heavy atom.